The van der Waals surface area contributed by atoms with Crippen LogP contribution in [0.4, 0.5) is 0 Å². The van der Waals surface area contributed by atoms with Crippen LogP contribution in [0.3, 0.4) is 0 Å². The molecule has 3 aliphatic heterocycles. The average molecular weight is 587 g/mol. The van der Waals surface area contributed by atoms with Gasteiger partial charge in [-0.15, -0.1) is 0 Å². The molecule has 18 nitrogen and oxygen atoms in total. The van der Waals surface area contributed by atoms with Crippen LogP contribution in [-0.4, -0.2) is 170 Å². The average Bonchev–Trinajstić information content (AvgIpc) is 2.90. The third-order valence-corrected chi connectivity index (χ3v) is 6.90. The molecule has 15 atom stereocenters. The highest BCUT2D eigenvalue weighted by atomic mass is 16.7. The van der Waals surface area contributed by atoms with Crippen LogP contribution in [0.1, 0.15) is 13.8 Å². The van der Waals surface area contributed by atoms with Crippen molar-refractivity contribution in [2.24, 2.45) is 0 Å². The van der Waals surface area contributed by atoms with E-state index in [9.17, 15) is 55.5 Å². The molecular formula is C22H38N2O16. The van der Waals surface area contributed by atoms with Gasteiger partial charge in [-0.05, 0) is 0 Å². The largest absolute Gasteiger partial charge is 0.394 e. The van der Waals surface area contributed by atoms with Crippen molar-refractivity contribution < 1.29 is 79.2 Å². The van der Waals surface area contributed by atoms with Gasteiger partial charge in [0, 0.05) is 13.8 Å². The summed E-state index contributed by atoms with van der Waals surface area (Å²) in [5.74, 6) is -1.30. The molecule has 0 spiro atoms. The molecule has 232 valence electrons. The minimum Gasteiger partial charge on any atom is -0.394 e. The third-order valence-electron chi connectivity index (χ3n) is 6.90. The predicted octanol–water partition coefficient (Wildman–Crippen LogP) is -7.29. The molecule has 0 unspecified atom stereocenters. The van der Waals surface area contributed by atoms with Crippen molar-refractivity contribution in [2.75, 3.05) is 19.8 Å². The summed E-state index contributed by atoms with van der Waals surface area (Å²) in [7, 11) is 0. The highest BCUT2D eigenvalue weighted by molar-refractivity contribution is 5.73. The lowest BCUT2D eigenvalue weighted by Gasteiger charge is -2.49. The smallest absolute Gasteiger partial charge is 0.217 e. The Morgan fingerprint density at radius 3 is 1.57 bits per heavy atom. The van der Waals surface area contributed by atoms with E-state index in [-0.39, 0.29) is 0 Å². The third kappa shape index (κ3) is 7.05. The van der Waals surface area contributed by atoms with Gasteiger partial charge in [-0.2, -0.15) is 0 Å². The number of hydrogen-bond acceptors (Lipinski definition) is 16. The Bertz CT molecular complexity index is 852. The second kappa shape index (κ2) is 14.0. The fraction of sp³-hybridized carbons (Fsp3) is 0.909. The maximum atomic E-state index is 12.0. The summed E-state index contributed by atoms with van der Waals surface area (Å²) in [6, 6.07) is -2.87. The first-order valence-electron chi connectivity index (χ1n) is 12.6. The quantitative estimate of drug-likeness (QED) is 0.120. The molecule has 11 N–H and O–H groups in total. The SMILES string of the molecule is CC(=O)N[C@@H]1[C@H](O[C@H]2[C@H](O)[C@@H](NC(C)=O)[C@H](O)O[C@@H]2CO)O[C@H](CO)[C@@H](O[C@@H]2O[C@H](CO)[C@@H](O)[C@H](O)[C@@H]2O)[C@@H]1O. The monoisotopic (exact) mass is 586 g/mol. The van der Waals surface area contributed by atoms with Crippen molar-refractivity contribution in [1.29, 1.82) is 0 Å². The Labute approximate surface area is 228 Å². The topological polar surface area (TPSA) is 286 Å². The van der Waals surface area contributed by atoms with E-state index < -0.39 is 124 Å². The molecule has 0 radical (unpaired) electrons. The number of amides is 2. The van der Waals surface area contributed by atoms with Crippen molar-refractivity contribution >= 4 is 11.8 Å². The van der Waals surface area contributed by atoms with Crippen molar-refractivity contribution in [3.63, 3.8) is 0 Å². The number of aliphatic hydroxyl groups excluding tert-OH is 9. The standard InChI is InChI=1S/C22H38N2O16/c1-6(28)23-11-14(31)18(9(4-26)36-20(11)35)39-21-12(24-7(2)29)15(32)19(10(5-27)38-21)40-22-17(34)16(33)13(30)8(3-25)37-22/h8-22,25-27,30-35H,3-5H2,1-2H3,(H,23,28)(H,24,29)/t8-,9-,10-,11-,12+,13-,14-,15-,16+,17+,18-,19-,20-,21+,22+/m1/s1. The number of hydrogen-bond donors (Lipinski definition) is 11. The van der Waals surface area contributed by atoms with Gasteiger partial charge >= 0.3 is 0 Å². The summed E-state index contributed by atoms with van der Waals surface area (Å²) in [6.45, 7) is -0.117. The van der Waals surface area contributed by atoms with Crippen molar-refractivity contribution in [3.8, 4) is 0 Å². The number of carbonyl (C=O) groups is 2. The Kier molecular flexibility index (Phi) is 11.5. The number of rotatable bonds is 9. The lowest BCUT2D eigenvalue weighted by atomic mass is 9.94. The molecule has 0 bridgehead atoms. The first kappa shape index (κ1) is 32.9. The molecule has 3 saturated heterocycles. The van der Waals surface area contributed by atoms with E-state index in [4.69, 9.17) is 23.7 Å². The van der Waals surface area contributed by atoms with E-state index in [1.807, 2.05) is 0 Å². The Morgan fingerprint density at radius 1 is 0.600 bits per heavy atom. The fourth-order valence-electron chi connectivity index (χ4n) is 4.87. The molecule has 0 aromatic rings. The molecule has 3 aliphatic rings. The first-order valence-corrected chi connectivity index (χ1v) is 12.6. The van der Waals surface area contributed by atoms with Crippen LogP contribution in [0, 0.1) is 0 Å². The van der Waals surface area contributed by atoms with Gasteiger partial charge < -0.3 is 80.3 Å². The van der Waals surface area contributed by atoms with Crippen LogP contribution in [0.15, 0.2) is 0 Å². The second-order valence-electron chi connectivity index (χ2n) is 9.81. The number of aliphatic hydroxyl groups is 9. The van der Waals surface area contributed by atoms with Crippen LogP contribution < -0.4 is 10.6 Å². The van der Waals surface area contributed by atoms with E-state index >= 15 is 0 Å². The lowest BCUT2D eigenvalue weighted by Crippen LogP contribution is -2.70. The predicted molar refractivity (Wildman–Crippen MR) is 124 cm³/mol. The molecular weight excluding hydrogens is 548 g/mol. The summed E-state index contributed by atoms with van der Waals surface area (Å²) in [4.78, 5) is 23.5. The normalized spacial score (nSPS) is 46.0. The second-order valence-corrected chi connectivity index (χ2v) is 9.81. The van der Waals surface area contributed by atoms with E-state index in [1.165, 1.54) is 0 Å². The van der Waals surface area contributed by atoms with Crippen molar-refractivity contribution in [1.82, 2.24) is 10.6 Å². The lowest BCUT2D eigenvalue weighted by molar-refractivity contribution is -0.360. The molecule has 0 aromatic carbocycles. The Balaban J connectivity index is 1.85. The Morgan fingerprint density at radius 2 is 1.05 bits per heavy atom. The fourth-order valence-corrected chi connectivity index (χ4v) is 4.87. The summed E-state index contributed by atoms with van der Waals surface area (Å²) < 4.78 is 27.7. The molecule has 0 aliphatic carbocycles. The molecule has 0 saturated carbocycles. The van der Waals surface area contributed by atoms with Gasteiger partial charge in [0.2, 0.25) is 11.8 Å². The minimum atomic E-state index is -1.85. The maximum absolute atomic E-state index is 12.0. The molecule has 3 rings (SSSR count). The molecule has 40 heavy (non-hydrogen) atoms. The number of carbonyl (C=O) groups excluding carboxylic acids is 2. The number of ether oxygens (including phenoxy) is 5. The van der Waals surface area contributed by atoms with Gasteiger partial charge in [0.15, 0.2) is 18.9 Å². The van der Waals surface area contributed by atoms with Crippen LogP contribution in [0.2, 0.25) is 0 Å². The molecule has 3 fully saturated rings. The van der Waals surface area contributed by atoms with E-state index in [0.717, 1.165) is 13.8 Å². The van der Waals surface area contributed by atoms with Gasteiger partial charge in [0.1, 0.15) is 73.1 Å². The molecule has 2 amide bonds. The summed E-state index contributed by atoms with van der Waals surface area (Å²) in [6.07, 6.45) is -21.1. The van der Waals surface area contributed by atoms with Crippen LogP contribution >= 0.6 is 0 Å². The van der Waals surface area contributed by atoms with Gasteiger partial charge in [-0.25, -0.2) is 0 Å². The van der Waals surface area contributed by atoms with Crippen molar-refractivity contribution in [2.45, 2.75) is 106 Å². The highest BCUT2D eigenvalue weighted by Gasteiger charge is 2.54. The molecule has 0 aromatic heterocycles. The summed E-state index contributed by atoms with van der Waals surface area (Å²) >= 11 is 0. The minimum absolute atomic E-state index is 0.623. The van der Waals surface area contributed by atoms with E-state index in [0.29, 0.717) is 0 Å². The maximum Gasteiger partial charge on any atom is 0.217 e. The van der Waals surface area contributed by atoms with Gasteiger partial charge in [0.05, 0.1) is 19.8 Å². The van der Waals surface area contributed by atoms with Gasteiger partial charge in [-0.3, -0.25) is 9.59 Å². The van der Waals surface area contributed by atoms with Crippen LogP contribution in [0.5, 0.6) is 0 Å². The Hall–Kier alpha value is -1.62. The number of nitrogens with one attached hydrogen (secondary N) is 2. The first-order chi connectivity index (χ1) is 18.8. The van der Waals surface area contributed by atoms with Gasteiger partial charge in [0.25, 0.3) is 0 Å². The highest BCUT2D eigenvalue weighted by Crippen LogP contribution is 2.32. The van der Waals surface area contributed by atoms with Crippen LogP contribution in [0.25, 0.3) is 0 Å². The van der Waals surface area contributed by atoms with Crippen molar-refractivity contribution in [3.05, 3.63) is 0 Å². The summed E-state index contributed by atoms with van der Waals surface area (Å²) in [5.41, 5.74) is 0. The van der Waals surface area contributed by atoms with E-state index in [1.54, 1.807) is 0 Å². The zero-order valence-electron chi connectivity index (χ0n) is 21.7. The zero-order chi connectivity index (χ0) is 29.9. The van der Waals surface area contributed by atoms with Crippen LogP contribution in [-0.2, 0) is 33.3 Å². The summed E-state index contributed by atoms with van der Waals surface area (Å²) in [5, 5.41) is 96.5. The van der Waals surface area contributed by atoms with Gasteiger partial charge in [-0.1, -0.05) is 0 Å². The van der Waals surface area contributed by atoms with E-state index in [2.05, 4.69) is 10.6 Å². The zero-order valence-corrected chi connectivity index (χ0v) is 21.7. The molecule has 3 heterocycles. The molecule has 18 heteroatoms.